The second-order valence-corrected chi connectivity index (χ2v) is 4.81. The molecule has 144 valence electrons. The molecule has 25 heavy (non-hydrogen) atoms. The van der Waals surface area contributed by atoms with E-state index in [4.69, 9.17) is 4.74 Å². The van der Waals surface area contributed by atoms with Gasteiger partial charge in [-0.3, -0.25) is 4.99 Å². The number of ether oxygens (including phenoxy) is 2. The van der Waals surface area contributed by atoms with Gasteiger partial charge in [0.15, 0.2) is 12.6 Å². The van der Waals surface area contributed by atoms with Crippen LogP contribution >= 0.6 is 24.0 Å². The minimum Gasteiger partial charge on any atom is -0.468 e. The van der Waals surface area contributed by atoms with Crippen LogP contribution in [0.3, 0.4) is 0 Å². The Labute approximate surface area is 162 Å². The Morgan fingerprint density at radius 3 is 2.60 bits per heavy atom. The number of nitrogens with one attached hydrogen (secondary N) is 2. The van der Waals surface area contributed by atoms with Gasteiger partial charge in [0, 0.05) is 45.6 Å². The van der Waals surface area contributed by atoms with Gasteiger partial charge in [0.2, 0.25) is 5.88 Å². The molecule has 10 heteroatoms. The summed E-state index contributed by atoms with van der Waals surface area (Å²) >= 11 is 0. The van der Waals surface area contributed by atoms with Gasteiger partial charge in [-0.15, -0.1) is 24.0 Å². The Bertz CT molecular complexity index is 499. The third-order valence-electron chi connectivity index (χ3n) is 2.83. The molecule has 0 radical (unpaired) electrons. The number of guanidine groups is 1. The molecule has 0 aliphatic rings. The second-order valence-electron chi connectivity index (χ2n) is 4.81. The van der Waals surface area contributed by atoms with Crippen molar-refractivity contribution < 1.29 is 22.6 Å². The smallest absolute Gasteiger partial charge is 0.422 e. The zero-order valence-corrected chi connectivity index (χ0v) is 16.6. The Morgan fingerprint density at radius 1 is 1.28 bits per heavy atom. The molecule has 1 aromatic rings. The first-order valence-corrected chi connectivity index (χ1v) is 7.61. The molecule has 6 nitrogen and oxygen atoms in total. The maximum Gasteiger partial charge on any atom is 0.422 e. The summed E-state index contributed by atoms with van der Waals surface area (Å²) in [6.45, 7) is 3.14. The average Bonchev–Trinajstić information content (AvgIpc) is 2.56. The topological polar surface area (TPSA) is 67.8 Å². The molecule has 0 saturated heterocycles. The molecule has 0 aliphatic heterocycles. The lowest BCUT2D eigenvalue weighted by Crippen LogP contribution is -2.37. The summed E-state index contributed by atoms with van der Waals surface area (Å²) in [6.07, 6.45) is -2.05. The van der Waals surface area contributed by atoms with Gasteiger partial charge >= 0.3 is 6.18 Å². The lowest BCUT2D eigenvalue weighted by molar-refractivity contribution is -0.154. The fraction of sp³-hybridized carbons (Fsp3) is 0.600. The SMILES string of the molecule is CCOCCCNC(=NC)NCc1ccc(OCC(F)(F)F)nc1.I. The van der Waals surface area contributed by atoms with Crippen LogP contribution in [0.15, 0.2) is 23.3 Å². The molecule has 0 fully saturated rings. The zero-order valence-electron chi connectivity index (χ0n) is 14.2. The Kier molecular flexibility index (Phi) is 12.3. The first kappa shape index (κ1) is 23.7. The molecule has 0 amide bonds. The number of nitrogens with zero attached hydrogens (tertiary/aromatic N) is 2. The number of aromatic nitrogens is 1. The molecular weight excluding hydrogens is 452 g/mol. The fourth-order valence-electron chi connectivity index (χ4n) is 1.69. The number of halogens is 4. The summed E-state index contributed by atoms with van der Waals surface area (Å²) < 4.78 is 45.9. The van der Waals surface area contributed by atoms with Gasteiger partial charge in [-0.25, -0.2) is 4.98 Å². The highest BCUT2D eigenvalue weighted by Gasteiger charge is 2.28. The highest BCUT2D eigenvalue weighted by atomic mass is 127. The van der Waals surface area contributed by atoms with Gasteiger partial charge in [-0.1, -0.05) is 6.07 Å². The summed E-state index contributed by atoms with van der Waals surface area (Å²) in [7, 11) is 1.66. The van der Waals surface area contributed by atoms with E-state index in [-0.39, 0.29) is 29.9 Å². The molecule has 0 saturated carbocycles. The third-order valence-corrected chi connectivity index (χ3v) is 2.83. The van der Waals surface area contributed by atoms with Crippen molar-refractivity contribution in [2.24, 2.45) is 4.99 Å². The summed E-state index contributed by atoms with van der Waals surface area (Å²) in [5, 5.41) is 6.23. The molecule has 0 spiro atoms. The minimum absolute atomic E-state index is 0. The maximum atomic E-state index is 12.0. The molecule has 2 N–H and O–H groups in total. The average molecular weight is 476 g/mol. The van der Waals surface area contributed by atoms with Crippen LogP contribution in [0.25, 0.3) is 0 Å². The zero-order chi connectivity index (χ0) is 17.8. The standard InChI is InChI=1S/C15H23F3N4O2.HI/c1-3-23-8-4-7-20-14(19-2)22-10-12-5-6-13(21-9-12)24-11-15(16,17)18;/h5-6,9H,3-4,7-8,10-11H2,1-2H3,(H2,19,20,22);1H. The molecule has 0 aromatic carbocycles. The molecule has 1 rings (SSSR count). The normalized spacial score (nSPS) is 11.6. The number of alkyl halides is 3. The monoisotopic (exact) mass is 476 g/mol. The van der Waals surface area contributed by atoms with Crippen molar-refractivity contribution in [3.8, 4) is 5.88 Å². The molecule has 0 aliphatic carbocycles. The summed E-state index contributed by atoms with van der Waals surface area (Å²) in [6, 6.07) is 3.05. The molecule has 1 aromatic heterocycles. The number of hydrogen-bond donors (Lipinski definition) is 2. The van der Waals surface area contributed by atoms with Crippen molar-refractivity contribution in [2.45, 2.75) is 26.1 Å². The van der Waals surface area contributed by atoms with Crippen LogP contribution < -0.4 is 15.4 Å². The first-order valence-electron chi connectivity index (χ1n) is 7.61. The van der Waals surface area contributed by atoms with Crippen LogP contribution in [0.5, 0.6) is 5.88 Å². The molecule has 0 bridgehead atoms. The van der Waals surface area contributed by atoms with Crippen LogP contribution in [-0.4, -0.2) is 50.5 Å². The Hall–Kier alpha value is -1.30. The van der Waals surface area contributed by atoms with E-state index in [9.17, 15) is 13.2 Å². The van der Waals surface area contributed by atoms with Crippen molar-refractivity contribution in [1.29, 1.82) is 0 Å². The van der Waals surface area contributed by atoms with Gasteiger partial charge in [0.25, 0.3) is 0 Å². The van der Waals surface area contributed by atoms with Gasteiger partial charge in [0.1, 0.15) is 0 Å². The maximum absolute atomic E-state index is 12.0. The van der Waals surface area contributed by atoms with Gasteiger partial charge in [0.05, 0.1) is 0 Å². The third kappa shape index (κ3) is 11.8. The second kappa shape index (κ2) is 13.0. The van der Waals surface area contributed by atoms with Crippen molar-refractivity contribution in [2.75, 3.05) is 33.4 Å². The van der Waals surface area contributed by atoms with Crippen molar-refractivity contribution in [1.82, 2.24) is 15.6 Å². The van der Waals surface area contributed by atoms with Crippen LogP contribution in [-0.2, 0) is 11.3 Å². The van der Waals surface area contributed by atoms with E-state index in [0.717, 1.165) is 18.5 Å². The van der Waals surface area contributed by atoms with Crippen LogP contribution in [0.2, 0.25) is 0 Å². The van der Waals surface area contributed by atoms with Crippen LogP contribution in [0, 0.1) is 0 Å². The molecule has 1 heterocycles. The Balaban J connectivity index is 0.00000576. The van der Waals surface area contributed by atoms with E-state index in [0.29, 0.717) is 25.7 Å². The number of rotatable bonds is 9. The molecule has 0 unspecified atom stereocenters. The highest BCUT2D eigenvalue weighted by molar-refractivity contribution is 14.0. The van der Waals surface area contributed by atoms with E-state index in [1.807, 2.05) is 6.92 Å². The molecular formula is C15H24F3IN4O2. The summed E-state index contributed by atoms with van der Waals surface area (Å²) in [4.78, 5) is 7.92. The van der Waals surface area contributed by atoms with Crippen LogP contribution in [0.1, 0.15) is 18.9 Å². The molecule has 0 atom stereocenters. The van der Waals surface area contributed by atoms with Crippen LogP contribution in [0.4, 0.5) is 13.2 Å². The Morgan fingerprint density at radius 2 is 2.04 bits per heavy atom. The number of pyridine rings is 1. The van der Waals surface area contributed by atoms with Gasteiger partial charge in [-0.05, 0) is 18.9 Å². The summed E-state index contributed by atoms with van der Waals surface area (Å²) in [5.74, 6) is 0.568. The number of aliphatic imine (C=N–C) groups is 1. The lowest BCUT2D eigenvalue weighted by Gasteiger charge is -2.12. The van der Waals surface area contributed by atoms with Gasteiger partial charge < -0.3 is 20.1 Å². The predicted octanol–water partition coefficient (Wildman–Crippen LogP) is 2.73. The van der Waals surface area contributed by atoms with E-state index in [1.54, 1.807) is 13.1 Å². The lowest BCUT2D eigenvalue weighted by atomic mass is 10.3. The van der Waals surface area contributed by atoms with E-state index < -0.39 is 12.8 Å². The van der Waals surface area contributed by atoms with Crippen molar-refractivity contribution in [3.63, 3.8) is 0 Å². The predicted molar refractivity (Wildman–Crippen MR) is 101 cm³/mol. The summed E-state index contributed by atoms with van der Waals surface area (Å²) in [5.41, 5.74) is 0.798. The quantitative estimate of drug-likeness (QED) is 0.249. The van der Waals surface area contributed by atoms with Gasteiger partial charge in [-0.2, -0.15) is 13.2 Å². The van der Waals surface area contributed by atoms with E-state index in [2.05, 4.69) is 25.3 Å². The van der Waals surface area contributed by atoms with E-state index in [1.165, 1.54) is 12.3 Å². The van der Waals surface area contributed by atoms with E-state index >= 15 is 0 Å². The van der Waals surface area contributed by atoms with Crippen molar-refractivity contribution >= 4 is 29.9 Å². The fourth-order valence-corrected chi connectivity index (χ4v) is 1.69. The highest BCUT2D eigenvalue weighted by Crippen LogP contribution is 2.16. The number of hydrogen-bond acceptors (Lipinski definition) is 4. The van der Waals surface area contributed by atoms with Crippen molar-refractivity contribution in [3.05, 3.63) is 23.9 Å². The largest absolute Gasteiger partial charge is 0.468 e. The minimum atomic E-state index is -4.37. The first-order chi connectivity index (χ1) is 11.4.